The van der Waals surface area contributed by atoms with Crippen LogP contribution in [0.1, 0.15) is 28.9 Å². The first kappa shape index (κ1) is 18.8. The van der Waals surface area contributed by atoms with Gasteiger partial charge in [0, 0.05) is 17.7 Å². The number of carbonyl (C=O) groups excluding carboxylic acids is 3. The Balaban J connectivity index is 2.12. The van der Waals surface area contributed by atoms with Crippen LogP contribution in [-0.4, -0.2) is 47.2 Å². The van der Waals surface area contributed by atoms with Crippen molar-refractivity contribution in [2.75, 3.05) is 13.7 Å². The van der Waals surface area contributed by atoms with E-state index in [9.17, 15) is 19.5 Å². The molecule has 1 N–H and O–H groups in total. The number of ketones is 2. The highest BCUT2D eigenvalue weighted by atomic mass is 16.5. The van der Waals surface area contributed by atoms with Crippen molar-refractivity contribution in [3.05, 3.63) is 65.7 Å². The zero-order valence-electron chi connectivity index (χ0n) is 15.2. The molecule has 140 valence electrons. The Morgan fingerprint density at radius 3 is 2.37 bits per heavy atom. The molecule has 2 aromatic rings. The second-order valence-electron chi connectivity index (χ2n) is 6.57. The molecule has 0 bridgehead atoms. The second kappa shape index (κ2) is 7.72. The summed E-state index contributed by atoms with van der Waals surface area (Å²) in [4.78, 5) is 39.8. The average molecular weight is 367 g/mol. The average Bonchev–Trinajstić information content (AvgIpc) is 2.92. The smallest absolute Gasteiger partial charge is 0.291 e. The Morgan fingerprint density at radius 2 is 1.74 bits per heavy atom. The van der Waals surface area contributed by atoms with Crippen molar-refractivity contribution in [1.29, 1.82) is 0 Å². The van der Waals surface area contributed by atoms with Crippen LogP contribution in [0.2, 0.25) is 0 Å². The number of aliphatic hydroxyl groups is 1. The fourth-order valence-electron chi connectivity index (χ4n) is 3.51. The first-order chi connectivity index (χ1) is 13.0. The predicted molar refractivity (Wildman–Crippen MR) is 98.4 cm³/mol. The number of nitrogens with zero attached hydrogens (tertiary/aromatic N) is 1. The lowest BCUT2D eigenvalue weighted by Crippen LogP contribution is -2.36. The fraction of sp³-hybridized carbons (Fsp3) is 0.286. The lowest BCUT2D eigenvalue weighted by molar-refractivity contribution is -0.141. The summed E-state index contributed by atoms with van der Waals surface area (Å²) in [5, 5.41) is 9.83. The van der Waals surface area contributed by atoms with Crippen LogP contribution in [0.3, 0.4) is 0 Å². The highest BCUT2D eigenvalue weighted by molar-refractivity contribution is 6.44. The van der Waals surface area contributed by atoms with Gasteiger partial charge in [-0.25, -0.2) is 0 Å². The van der Waals surface area contributed by atoms with Crippen molar-refractivity contribution in [2.24, 2.45) is 5.92 Å². The van der Waals surface area contributed by atoms with Gasteiger partial charge in [0.25, 0.3) is 5.91 Å². The largest absolute Gasteiger partial charge is 0.496 e. The molecule has 6 heteroatoms. The van der Waals surface area contributed by atoms with E-state index in [0.717, 1.165) is 0 Å². The van der Waals surface area contributed by atoms with Gasteiger partial charge in [0.05, 0.1) is 19.3 Å². The number of amides is 1. The van der Waals surface area contributed by atoms with E-state index in [4.69, 9.17) is 4.74 Å². The number of methoxy groups -OCH3 is 1. The topological polar surface area (TPSA) is 83.9 Å². The molecule has 3 rings (SSSR count). The van der Waals surface area contributed by atoms with E-state index in [-0.39, 0.29) is 6.54 Å². The van der Waals surface area contributed by atoms with E-state index in [2.05, 4.69) is 0 Å². The highest BCUT2D eigenvalue weighted by Crippen LogP contribution is 2.41. The first-order valence-electron chi connectivity index (χ1n) is 8.70. The highest BCUT2D eigenvalue weighted by Gasteiger charge is 2.52. The molecule has 1 saturated heterocycles. The summed E-state index contributed by atoms with van der Waals surface area (Å²) in [6.07, 6.45) is -0.843. The van der Waals surface area contributed by atoms with Crippen LogP contribution < -0.4 is 4.74 Å². The van der Waals surface area contributed by atoms with Crippen LogP contribution in [0.25, 0.3) is 0 Å². The third kappa shape index (κ3) is 3.48. The molecule has 1 amide bonds. The van der Waals surface area contributed by atoms with Gasteiger partial charge >= 0.3 is 0 Å². The molecule has 0 saturated carbocycles. The summed E-state index contributed by atoms with van der Waals surface area (Å²) < 4.78 is 5.39. The third-order valence-electron chi connectivity index (χ3n) is 4.66. The minimum absolute atomic E-state index is 0.0497. The van der Waals surface area contributed by atoms with Gasteiger partial charge in [0.2, 0.25) is 5.78 Å². The van der Waals surface area contributed by atoms with E-state index in [1.165, 1.54) is 18.9 Å². The Labute approximate surface area is 157 Å². The number of para-hydroxylation sites is 1. The van der Waals surface area contributed by atoms with Gasteiger partial charge in [-0.1, -0.05) is 48.5 Å². The minimum Gasteiger partial charge on any atom is -0.496 e. The number of carbonyl (C=O) groups is 3. The Bertz CT molecular complexity index is 862. The van der Waals surface area contributed by atoms with Crippen molar-refractivity contribution in [1.82, 2.24) is 4.90 Å². The Hall–Kier alpha value is -2.99. The molecule has 0 radical (unpaired) electrons. The lowest BCUT2D eigenvalue weighted by Gasteiger charge is -2.29. The Morgan fingerprint density at radius 1 is 1.11 bits per heavy atom. The molecule has 1 aliphatic rings. The number of likely N-dealkylation sites (tertiary alicyclic amines) is 1. The summed E-state index contributed by atoms with van der Waals surface area (Å²) in [7, 11) is 1.49. The Kier molecular flexibility index (Phi) is 5.37. The summed E-state index contributed by atoms with van der Waals surface area (Å²) in [6, 6.07) is 14.6. The number of ether oxygens (including phenoxy) is 1. The normalized spacial score (nSPS) is 20.6. The number of hydrogen-bond acceptors (Lipinski definition) is 5. The second-order valence-corrected chi connectivity index (χ2v) is 6.57. The van der Waals surface area contributed by atoms with Crippen LogP contribution in [0.5, 0.6) is 5.75 Å². The summed E-state index contributed by atoms with van der Waals surface area (Å²) in [6.45, 7) is 1.48. The fourth-order valence-corrected chi connectivity index (χ4v) is 3.51. The lowest BCUT2D eigenvalue weighted by atomic mass is 9.86. The van der Waals surface area contributed by atoms with Crippen molar-refractivity contribution >= 4 is 17.5 Å². The molecule has 1 fully saturated rings. The van der Waals surface area contributed by atoms with Crippen molar-refractivity contribution in [3.63, 3.8) is 0 Å². The number of benzene rings is 2. The molecular weight excluding hydrogens is 346 g/mol. The molecular formula is C21H21NO5. The third-order valence-corrected chi connectivity index (χ3v) is 4.66. The molecule has 3 atom stereocenters. The van der Waals surface area contributed by atoms with Crippen LogP contribution in [0.15, 0.2) is 54.6 Å². The maximum Gasteiger partial charge on any atom is 0.291 e. The van der Waals surface area contributed by atoms with E-state index >= 15 is 0 Å². The molecule has 0 spiro atoms. The number of aliphatic hydroxyl groups excluding tert-OH is 1. The summed E-state index contributed by atoms with van der Waals surface area (Å²) in [5.74, 6) is -2.65. The van der Waals surface area contributed by atoms with E-state index < -0.39 is 35.5 Å². The van der Waals surface area contributed by atoms with Gasteiger partial charge in [-0.15, -0.1) is 0 Å². The van der Waals surface area contributed by atoms with Crippen LogP contribution in [0, 0.1) is 5.92 Å². The molecule has 1 aliphatic heterocycles. The van der Waals surface area contributed by atoms with Gasteiger partial charge in [-0.3, -0.25) is 14.4 Å². The minimum atomic E-state index is -1.19. The zero-order valence-corrected chi connectivity index (χ0v) is 15.2. The molecule has 27 heavy (non-hydrogen) atoms. The maximum atomic E-state index is 13.1. The van der Waals surface area contributed by atoms with Gasteiger partial charge in [0.15, 0.2) is 5.78 Å². The van der Waals surface area contributed by atoms with Crippen LogP contribution in [-0.2, 0) is 9.59 Å². The van der Waals surface area contributed by atoms with Crippen molar-refractivity contribution < 1.29 is 24.2 Å². The standard InChI is InChI=1S/C21H21NO5/c1-13(23)12-22-18(15-10-6-7-11-16(15)27-2)17(20(25)21(22)26)19(24)14-8-4-3-5-9-14/h3-11,13,17-18,23H,12H2,1-2H3. The van der Waals surface area contributed by atoms with Gasteiger partial charge in [-0.2, -0.15) is 0 Å². The maximum absolute atomic E-state index is 13.1. The predicted octanol–water partition coefficient (Wildman–Crippen LogP) is 2.03. The van der Waals surface area contributed by atoms with Crippen molar-refractivity contribution in [2.45, 2.75) is 19.1 Å². The van der Waals surface area contributed by atoms with E-state index in [1.54, 1.807) is 54.6 Å². The summed E-state index contributed by atoms with van der Waals surface area (Å²) in [5.41, 5.74) is 0.927. The van der Waals surface area contributed by atoms with Crippen LogP contribution >= 0.6 is 0 Å². The molecule has 2 aromatic carbocycles. The zero-order chi connectivity index (χ0) is 19.6. The van der Waals surface area contributed by atoms with Gasteiger partial charge in [-0.05, 0) is 13.0 Å². The quantitative estimate of drug-likeness (QED) is 0.480. The van der Waals surface area contributed by atoms with Crippen LogP contribution in [0.4, 0.5) is 0 Å². The number of rotatable bonds is 6. The molecule has 1 heterocycles. The van der Waals surface area contributed by atoms with E-state index in [1.807, 2.05) is 0 Å². The number of hydrogen-bond donors (Lipinski definition) is 1. The number of Topliss-reactive ketones (excluding diaryl/α,β-unsaturated/α-hetero) is 2. The monoisotopic (exact) mass is 367 g/mol. The SMILES string of the molecule is COc1ccccc1C1C(C(=O)c2ccccc2)C(=O)C(=O)N1CC(C)O. The van der Waals surface area contributed by atoms with Gasteiger partial charge < -0.3 is 14.7 Å². The van der Waals surface area contributed by atoms with Crippen molar-refractivity contribution in [3.8, 4) is 5.75 Å². The van der Waals surface area contributed by atoms with E-state index in [0.29, 0.717) is 16.9 Å². The summed E-state index contributed by atoms with van der Waals surface area (Å²) >= 11 is 0. The molecule has 3 unspecified atom stereocenters. The molecule has 6 nitrogen and oxygen atoms in total. The number of β-amino-alcohol motifs (C(OH)–C–C–N with tert-alkyl or cyclic N) is 1. The first-order valence-corrected chi connectivity index (χ1v) is 8.70. The van der Waals surface area contributed by atoms with Gasteiger partial charge in [0.1, 0.15) is 11.7 Å². The molecule has 0 aromatic heterocycles. The molecule has 0 aliphatic carbocycles.